The molecule has 4 nitrogen and oxygen atoms in total. The summed E-state index contributed by atoms with van der Waals surface area (Å²) in [6.45, 7) is 1.90. The van der Waals surface area contributed by atoms with Gasteiger partial charge >= 0.3 is 0 Å². The first kappa shape index (κ1) is 9.64. The summed E-state index contributed by atoms with van der Waals surface area (Å²) >= 11 is 0. The number of benzene rings is 1. The fourth-order valence-corrected chi connectivity index (χ4v) is 1.22. The van der Waals surface area contributed by atoms with E-state index < -0.39 is 0 Å². The molecule has 0 spiro atoms. The number of aryl methyl sites for hydroxylation is 1. The smallest absolute Gasteiger partial charge is 0.249 e. The van der Waals surface area contributed by atoms with Crippen molar-refractivity contribution in [1.82, 2.24) is 10.2 Å². The minimum atomic E-state index is -0.379. The molecule has 0 fully saturated rings. The van der Waals surface area contributed by atoms with Gasteiger partial charge in [-0.2, -0.15) is 0 Å². The van der Waals surface area contributed by atoms with Gasteiger partial charge in [-0.25, -0.2) is 4.39 Å². The third-order valence-corrected chi connectivity index (χ3v) is 2.02. The molecule has 0 amide bonds. The van der Waals surface area contributed by atoms with E-state index in [1.165, 1.54) is 18.2 Å². The van der Waals surface area contributed by atoms with Crippen LogP contribution in [0.1, 0.15) is 12.8 Å². The average molecular weight is 207 g/mol. The monoisotopic (exact) mass is 207 g/mol. The van der Waals surface area contributed by atoms with Crippen LogP contribution >= 0.6 is 0 Å². The quantitative estimate of drug-likeness (QED) is 0.765. The van der Waals surface area contributed by atoms with Gasteiger partial charge in [-0.05, 0) is 18.2 Å². The fraction of sp³-hybridized carbons (Fsp3) is 0.200. The summed E-state index contributed by atoms with van der Waals surface area (Å²) in [7, 11) is 0. The number of halogens is 1. The van der Waals surface area contributed by atoms with Gasteiger partial charge in [-0.3, -0.25) is 0 Å². The first-order valence-corrected chi connectivity index (χ1v) is 4.58. The average Bonchev–Trinajstić information content (AvgIpc) is 2.70. The Labute approximate surface area is 85.9 Å². The van der Waals surface area contributed by atoms with Gasteiger partial charge in [-0.1, -0.05) is 6.92 Å². The van der Waals surface area contributed by atoms with E-state index in [4.69, 9.17) is 10.2 Å². The minimum absolute atomic E-state index is 0.254. The molecule has 2 N–H and O–H groups in total. The van der Waals surface area contributed by atoms with Crippen molar-refractivity contribution >= 4 is 5.69 Å². The molecule has 0 aliphatic heterocycles. The molecule has 78 valence electrons. The van der Waals surface area contributed by atoms with Crippen LogP contribution < -0.4 is 5.73 Å². The Hall–Kier alpha value is -1.91. The van der Waals surface area contributed by atoms with Crippen LogP contribution in [0.4, 0.5) is 10.1 Å². The van der Waals surface area contributed by atoms with E-state index in [0.29, 0.717) is 23.6 Å². The van der Waals surface area contributed by atoms with Crippen LogP contribution in [0.2, 0.25) is 0 Å². The van der Waals surface area contributed by atoms with Crippen LogP contribution in [0, 0.1) is 5.82 Å². The molecule has 0 saturated carbocycles. The van der Waals surface area contributed by atoms with Crippen molar-refractivity contribution < 1.29 is 8.81 Å². The van der Waals surface area contributed by atoms with Gasteiger partial charge < -0.3 is 10.2 Å². The zero-order chi connectivity index (χ0) is 10.8. The van der Waals surface area contributed by atoms with E-state index in [2.05, 4.69) is 10.2 Å². The second-order valence-electron chi connectivity index (χ2n) is 3.09. The van der Waals surface area contributed by atoms with E-state index in [9.17, 15) is 4.39 Å². The summed E-state index contributed by atoms with van der Waals surface area (Å²) in [4.78, 5) is 0. The number of hydrogen-bond acceptors (Lipinski definition) is 4. The maximum absolute atomic E-state index is 13.0. The van der Waals surface area contributed by atoms with Gasteiger partial charge in [-0.15, -0.1) is 10.2 Å². The number of rotatable bonds is 2. The van der Waals surface area contributed by atoms with Crippen molar-refractivity contribution in [2.45, 2.75) is 13.3 Å². The van der Waals surface area contributed by atoms with Gasteiger partial charge in [0.05, 0.1) is 5.56 Å². The highest BCUT2D eigenvalue weighted by atomic mass is 19.1. The van der Waals surface area contributed by atoms with Crippen molar-refractivity contribution in [3.05, 3.63) is 29.9 Å². The Bertz CT molecular complexity index is 481. The van der Waals surface area contributed by atoms with E-state index in [1.54, 1.807) is 0 Å². The highest BCUT2D eigenvalue weighted by Crippen LogP contribution is 2.25. The molecule has 1 heterocycles. The van der Waals surface area contributed by atoms with Crippen molar-refractivity contribution in [2.24, 2.45) is 0 Å². The lowest BCUT2D eigenvalue weighted by Gasteiger charge is -1.99. The van der Waals surface area contributed by atoms with E-state index in [-0.39, 0.29) is 11.7 Å². The molecule has 1 aromatic heterocycles. The van der Waals surface area contributed by atoms with Gasteiger partial charge in [0.1, 0.15) is 5.82 Å². The van der Waals surface area contributed by atoms with Gasteiger partial charge in [0, 0.05) is 12.1 Å². The topological polar surface area (TPSA) is 64.9 Å². The van der Waals surface area contributed by atoms with Gasteiger partial charge in [0.2, 0.25) is 11.8 Å². The summed E-state index contributed by atoms with van der Waals surface area (Å²) in [6, 6.07) is 4.04. The number of nitrogens with zero attached hydrogens (tertiary/aromatic N) is 2. The Morgan fingerprint density at radius 1 is 1.40 bits per heavy atom. The fourth-order valence-electron chi connectivity index (χ4n) is 1.22. The van der Waals surface area contributed by atoms with Crippen molar-refractivity contribution in [1.29, 1.82) is 0 Å². The van der Waals surface area contributed by atoms with Crippen molar-refractivity contribution in [3.63, 3.8) is 0 Å². The lowest BCUT2D eigenvalue weighted by molar-refractivity contribution is 0.512. The summed E-state index contributed by atoms with van der Waals surface area (Å²) in [5, 5.41) is 7.58. The predicted molar refractivity (Wildman–Crippen MR) is 53.5 cm³/mol. The number of hydrogen-bond donors (Lipinski definition) is 1. The number of aromatic nitrogens is 2. The van der Waals surface area contributed by atoms with Crippen molar-refractivity contribution in [2.75, 3.05) is 5.73 Å². The maximum atomic E-state index is 13.0. The number of nitrogens with two attached hydrogens (primary N) is 1. The lowest BCUT2D eigenvalue weighted by atomic mass is 10.2. The standard InChI is InChI=1S/C10H10FN3O/c1-2-9-13-14-10(15-9)7-5-6(11)3-4-8(7)12/h3-5H,2,12H2,1H3. The SMILES string of the molecule is CCc1nnc(-c2cc(F)ccc2N)o1. The lowest BCUT2D eigenvalue weighted by Crippen LogP contribution is -1.91. The number of anilines is 1. The summed E-state index contributed by atoms with van der Waals surface area (Å²) in [5.74, 6) is 0.382. The van der Waals surface area contributed by atoms with E-state index >= 15 is 0 Å². The van der Waals surface area contributed by atoms with Crippen LogP contribution in [0.5, 0.6) is 0 Å². The Kier molecular flexibility index (Phi) is 2.37. The molecule has 5 heteroatoms. The molecule has 0 atom stereocenters. The zero-order valence-electron chi connectivity index (χ0n) is 8.20. The second kappa shape index (κ2) is 3.68. The van der Waals surface area contributed by atoms with Crippen LogP contribution in [-0.2, 0) is 6.42 Å². The molecular weight excluding hydrogens is 197 g/mol. The Morgan fingerprint density at radius 3 is 2.87 bits per heavy atom. The molecular formula is C10H10FN3O. The first-order valence-electron chi connectivity index (χ1n) is 4.58. The molecule has 0 bridgehead atoms. The van der Waals surface area contributed by atoms with Crippen molar-refractivity contribution in [3.8, 4) is 11.5 Å². The molecule has 15 heavy (non-hydrogen) atoms. The summed E-state index contributed by atoms with van der Waals surface area (Å²) < 4.78 is 18.3. The third-order valence-electron chi connectivity index (χ3n) is 2.02. The molecule has 0 unspecified atom stereocenters. The molecule has 0 aliphatic carbocycles. The van der Waals surface area contributed by atoms with E-state index in [1.807, 2.05) is 6.92 Å². The van der Waals surface area contributed by atoms with Gasteiger partial charge in [0.25, 0.3) is 0 Å². The molecule has 1 aromatic carbocycles. The number of nitrogen functional groups attached to an aromatic ring is 1. The maximum Gasteiger partial charge on any atom is 0.249 e. The third kappa shape index (κ3) is 1.81. The zero-order valence-corrected chi connectivity index (χ0v) is 8.20. The van der Waals surface area contributed by atoms with Crippen LogP contribution in [0.25, 0.3) is 11.5 Å². The molecule has 0 aliphatic rings. The van der Waals surface area contributed by atoms with Gasteiger partial charge in [0.15, 0.2) is 0 Å². The largest absolute Gasteiger partial charge is 0.421 e. The van der Waals surface area contributed by atoms with Crippen LogP contribution in [0.3, 0.4) is 0 Å². The second-order valence-corrected chi connectivity index (χ2v) is 3.09. The predicted octanol–water partition coefficient (Wildman–Crippen LogP) is 2.02. The summed E-state index contributed by atoms with van der Waals surface area (Å²) in [5.41, 5.74) is 6.53. The Morgan fingerprint density at radius 2 is 2.20 bits per heavy atom. The van der Waals surface area contributed by atoms with Crippen LogP contribution in [-0.4, -0.2) is 10.2 Å². The van der Waals surface area contributed by atoms with E-state index in [0.717, 1.165) is 0 Å². The molecule has 0 radical (unpaired) electrons. The molecule has 2 aromatic rings. The highest BCUT2D eigenvalue weighted by Gasteiger charge is 2.11. The Balaban J connectivity index is 2.48. The normalized spacial score (nSPS) is 10.5. The summed E-state index contributed by atoms with van der Waals surface area (Å²) in [6.07, 6.45) is 0.641. The molecule has 2 rings (SSSR count). The molecule has 0 saturated heterocycles. The highest BCUT2D eigenvalue weighted by molar-refractivity contribution is 5.69. The van der Waals surface area contributed by atoms with Crippen LogP contribution in [0.15, 0.2) is 22.6 Å². The first-order chi connectivity index (χ1) is 7.20. The minimum Gasteiger partial charge on any atom is -0.421 e.